The lowest BCUT2D eigenvalue weighted by Gasteiger charge is -2.27. The maximum atomic E-state index is 12.6. The van der Waals surface area contributed by atoms with Crippen LogP contribution in [0.1, 0.15) is 52.9 Å². The Morgan fingerprint density at radius 1 is 1.10 bits per heavy atom. The SMILES string of the molecule is CCN(Cc1ccc(C(=O)NCC2NCCc3ccccc32)cc1)C1CC1.Cl.Cl. The third kappa shape index (κ3) is 5.95. The Morgan fingerprint density at radius 2 is 1.83 bits per heavy atom. The molecule has 0 saturated heterocycles. The first kappa shape index (κ1) is 23.7. The van der Waals surface area contributed by atoms with Gasteiger partial charge in [-0.05, 0) is 61.2 Å². The van der Waals surface area contributed by atoms with Gasteiger partial charge in [0, 0.05) is 30.7 Å². The maximum Gasteiger partial charge on any atom is 0.251 e. The van der Waals surface area contributed by atoms with E-state index in [4.69, 9.17) is 0 Å². The van der Waals surface area contributed by atoms with Gasteiger partial charge in [-0.3, -0.25) is 9.69 Å². The second kappa shape index (κ2) is 11.0. The molecule has 158 valence electrons. The quantitative estimate of drug-likeness (QED) is 0.686. The van der Waals surface area contributed by atoms with Crippen LogP contribution in [0.25, 0.3) is 0 Å². The number of rotatable bonds is 7. The Morgan fingerprint density at radius 3 is 2.52 bits per heavy atom. The van der Waals surface area contributed by atoms with Gasteiger partial charge < -0.3 is 10.6 Å². The molecule has 1 fully saturated rings. The summed E-state index contributed by atoms with van der Waals surface area (Å²) in [6, 6.07) is 17.5. The van der Waals surface area contributed by atoms with E-state index in [0.717, 1.165) is 37.7 Å². The maximum absolute atomic E-state index is 12.6. The van der Waals surface area contributed by atoms with Gasteiger partial charge in [0.15, 0.2) is 0 Å². The van der Waals surface area contributed by atoms with E-state index in [-0.39, 0.29) is 36.8 Å². The molecule has 4 rings (SSSR count). The second-order valence-electron chi connectivity index (χ2n) is 7.66. The van der Waals surface area contributed by atoms with Crippen LogP contribution >= 0.6 is 24.8 Å². The van der Waals surface area contributed by atoms with Crippen molar-refractivity contribution >= 4 is 30.7 Å². The second-order valence-corrected chi connectivity index (χ2v) is 7.66. The van der Waals surface area contributed by atoms with Gasteiger partial charge in [-0.25, -0.2) is 0 Å². The van der Waals surface area contributed by atoms with Gasteiger partial charge >= 0.3 is 0 Å². The van der Waals surface area contributed by atoms with Crippen molar-refractivity contribution in [3.63, 3.8) is 0 Å². The number of hydrogen-bond acceptors (Lipinski definition) is 3. The third-order valence-corrected chi connectivity index (χ3v) is 5.75. The first-order valence-corrected chi connectivity index (χ1v) is 10.2. The molecule has 1 unspecified atom stereocenters. The van der Waals surface area contributed by atoms with Crippen LogP contribution in [-0.2, 0) is 13.0 Å². The molecular weight excluding hydrogens is 405 g/mol. The normalized spacial score (nSPS) is 17.7. The van der Waals surface area contributed by atoms with Crippen molar-refractivity contribution in [3.05, 3.63) is 70.8 Å². The molecule has 0 aromatic heterocycles. The summed E-state index contributed by atoms with van der Waals surface area (Å²) in [5, 5.41) is 6.61. The minimum absolute atomic E-state index is 0. The Hall–Kier alpha value is -1.59. The van der Waals surface area contributed by atoms with E-state index in [2.05, 4.69) is 58.9 Å². The molecule has 0 radical (unpaired) electrons. The summed E-state index contributed by atoms with van der Waals surface area (Å²) < 4.78 is 0. The van der Waals surface area contributed by atoms with Crippen molar-refractivity contribution in [2.75, 3.05) is 19.6 Å². The number of nitrogens with one attached hydrogen (secondary N) is 2. The fourth-order valence-corrected chi connectivity index (χ4v) is 4.01. The van der Waals surface area contributed by atoms with Crippen LogP contribution in [0.2, 0.25) is 0 Å². The molecule has 2 aromatic rings. The predicted octanol–water partition coefficient (Wildman–Crippen LogP) is 4.13. The van der Waals surface area contributed by atoms with Crippen LogP contribution < -0.4 is 10.6 Å². The van der Waals surface area contributed by atoms with E-state index in [0.29, 0.717) is 6.54 Å². The van der Waals surface area contributed by atoms with Gasteiger partial charge in [-0.15, -0.1) is 24.8 Å². The molecule has 1 saturated carbocycles. The average molecular weight is 436 g/mol. The average Bonchev–Trinajstić information content (AvgIpc) is 3.56. The molecule has 6 heteroatoms. The molecule has 1 heterocycles. The molecule has 1 amide bonds. The van der Waals surface area contributed by atoms with E-state index in [9.17, 15) is 4.79 Å². The zero-order valence-electron chi connectivity index (χ0n) is 16.9. The highest BCUT2D eigenvalue weighted by Gasteiger charge is 2.27. The summed E-state index contributed by atoms with van der Waals surface area (Å²) in [6.45, 7) is 5.86. The van der Waals surface area contributed by atoms with Crippen molar-refractivity contribution in [1.29, 1.82) is 0 Å². The molecule has 29 heavy (non-hydrogen) atoms. The first-order chi connectivity index (χ1) is 13.2. The van der Waals surface area contributed by atoms with Crippen LogP contribution in [0.4, 0.5) is 0 Å². The Labute approximate surface area is 186 Å². The number of carbonyl (C=O) groups excluding carboxylic acids is 1. The highest BCUT2D eigenvalue weighted by molar-refractivity contribution is 5.94. The highest BCUT2D eigenvalue weighted by Crippen LogP contribution is 2.28. The smallest absolute Gasteiger partial charge is 0.251 e. The summed E-state index contributed by atoms with van der Waals surface area (Å²) in [4.78, 5) is 15.1. The number of amides is 1. The van der Waals surface area contributed by atoms with E-state index >= 15 is 0 Å². The van der Waals surface area contributed by atoms with Crippen molar-refractivity contribution in [2.24, 2.45) is 0 Å². The molecule has 2 aliphatic rings. The molecule has 1 aliphatic heterocycles. The summed E-state index contributed by atoms with van der Waals surface area (Å²) in [5.74, 6) is 0.000875. The van der Waals surface area contributed by atoms with Crippen LogP contribution in [-0.4, -0.2) is 36.5 Å². The molecule has 2 aromatic carbocycles. The number of nitrogens with zero attached hydrogens (tertiary/aromatic N) is 1. The number of fused-ring (bicyclic) bond motifs is 1. The summed E-state index contributed by atoms with van der Waals surface area (Å²) >= 11 is 0. The van der Waals surface area contributed by atoms with Gasteiger partial charge in [0.25, 0.3) is 5.91 Å². The lowest BCUT2D eigenvalue weighted by molar-refractivity contribution is 0.0949. The molecule has 2 N–H and O–H groups in total. The van der Waals surface area contributed by atoms with E-state index < -0.39 is 0 Å². The lowest BCUT2D eigenvalue weighted by Crippen LogP contribution is -2.38. The number of halogens is 2. The van der Waals surface area contributed by atoms with Crippen LogP contribution in [0.15, 0.2) is 48.5 Å². The molecule has 0 bridgehead atoms. The van der Waals surface area contributed by atoms with Crippen molar-refractivity contribution in [1.82, 2.24) is 15.5 Å². The van der Waals surface area contributed by atoms with Crippen molar-refractivity contribution < 1.29 is 4.79 Å². The van der Waals surface area contributed by atoms with Gasteiger partial charge in [0.2, 0.25) is 0 Å². The van der Waals surface area contributed by atoms with Gasteiger partial charge in [-0.1, -0.05) is 43.3 Å². The van der Waals surface area contributed by atoms with Gasteiger partial charge in [-0.2, -0.15) is 0 Å². The standard InChI is InChI=1S/C23H29N3O.2ClH/c1-2-26(20-11-12-20)16-17-7-9-19(10-8-17)23(27)25-15-22-21-6-4-3-5-18(21)13-14-24-22;;/h3-10,20,22,24H,2,11-16H2,1H3,(H,25,27);2*1H. The summed E-state index contributed by atoms with van der Waals surface area (Å²) in [5.41, 5.74) is 4.70. The largest absolute Gasteiger partial charge is 0.350 e. The number of benzene rings is 2. The van der Waals surface area contributed by atoms with Crippen LogP contribution in [0.5, 0.6) is 0 Å². The minimum Gasteiger partial charge on any atom is -0.350 e. The van der Waals surface area contributed by atoms with E-state index in [1.54, 1.807) is 0 Å². The van der Waals surface area contributed by atoms with Gasteiger partial charge in [0.1, 0.15) is 0 Å². The van der Waals surface area contributed by atoms with Gasteiger partial charge in [0.05, 0.1) is 0 Å². The highest BCUT2D eigenvalue weighted by atomic mass is 35.5. The molecule has 4 nitrogen and oxygen atoms in total. The Bertz CT molecular complexity index is 793. The minimum atomic E-state index is 0. The van der Waals surface area contributed by atoms with Crippen molar-refractivity contribution in [3.8, 4) is 0 Å². The molecule has 1 aliphatic carbocycles. The topological polar surface area (TPSA) is 44.4 Å². The summed E-state index contributed by atoms with van der Waals surface area (Å²) in [7, 11) is 0. The summed E-state index contributed by atoms with van der Waals surface area (Å²) in [6.07, 6.45) is 3.71. The zero-order valence-corrected chi connectivity index (χ0v) is 18.5. The molecule has 1 atom stereocenters. The molecule has 0 spiro atoms. The van der Waals surface area contributed by atoms with E-state index in [1.165, 1.54) is 29.5 Å². The predicted molar refractivity (Wildman–Crippen MR) is 123 cm³/mol. The fraction of sp³-hybridized carbons (Fsp3) is 0.435. The van der Waals surface area contributed by atoms with Crippen LogP contribution in [0, 0.1) is 0 Å². The Balaban J connectivity index is 0.00000150. The van der Waals surface area contributed by atoms with Crippen molar-refractivity contribution in [2.45, 2.75) is 44.8 Å². The number of hydrogen-bond donors (Lipinski definition) is 2. The Kier molecular flexibility index (Phi) is 8.97. The fourth-order valence-electron chi connectivity index (χ4n) is 4.01. The number of carbonyl (C=O) groups is 1. The van der Waals surface area contributed by atoms with Crippen LogP contribution in [0.3, 0.4) is 0 Å². The molecular formula is C23H31Cl2N3O. The zero-order chi connectivity index (χ0) is 18.6. The third-order valence-electron chi connectivity index (χ3n) is 5.75. The lowest BCUT2D eigenvalue weighted by atomic mass is 9.94. The monoisotopic (exact) mass is 435 g/mol. The first-order valence-electron chi connectivity index (χ1n) is 10.2. The van der Waals surface area contributed by atoms with E-state index in [1.807, 2.05) is 12.1 Å².